The monoisotopic (exact) mass is 211 g/mol. The summed E-state index contributed by atoms with van der Waals surface area (Å²) in [5, 5.41) is 2.88. The highest BCUT2D eigenvalue weighted by Gasteiger charge is 2.22. The van der Waals surface area contributed by atoms with Crippen molar-refractivity contribution in [1.82, 2.24) is 15.3 Å². The third-order valence-electron chi connectivity index (χ3n) is 2.29. The van der Waals surface area contributed by atoms with Crippen LogP contribution in [0.15, 0.2) is 12.4 Å². The molecule has 14 heavy (non-hydrogen) atoms. The Morgan fingerprint density at radius 1 is 1.79 bits per heavy atom. The largest absolute Gasteiger partial charge is 0.349 e. The highest BCUT2D eigenvalue weighted by atomic mass is 32.2. The molecule has 0 aliphatic carbocycles. The van der Waals surface area contributed by atoms with E-state index >= 15 is 0 Å². The van der Waals surface area contributed by atoms with Gasteiger partial charge in [-0.3, -0.25) is 4.79 Å². The third kappa shape index (κ3) is 2.29. The van der Waals surface area contributed by atoms with Gasteiger partial charge in [-0.1, -0.05) is 0 Å². The summed E-state index contributed by atoms with van der Waals surface area (Å²) in [7, 11) is 0. The molecule has 0 aromatic carbocycles. The van der Waals surface area contributed by atoms with Gasteiger partial charge in [0, 0.05) is 24.1 Å². The van der Waals surface area contributed by atoms with Crippen LogP contribution in [0.5, 0.6) is 0 Å². The van der Waals surface area contributed by atoms with E-state index in [1.807, 2.05) is 11.8 Å². The number of aromatic amines is 1. The van der Waals surface area contributed by atoms with Gasteiger partial charge in [0.05, 0.1) is 6.54 Å². The highest BCUT2D eigenvalue weighted by molar-refractivity contribution is 7.99. The van der Waals surface area contributed by atoms with Gasteiger partial charge < -0.3 is 10.3 Å². The molecule has 1 unspecified atom stereocenters. The summed E-state index contributed by atoms with van der Waals surface area (Å²) in [6.07, 6.45) is 4.45. The molecule has 1 atom stereocenters. The first-order chi connectivity index (χ1) is 6.86. The molecule has 1 aliphatic rings. The van der Waals surface area contributed by atoms with E-state index in [1.165, 1.54) is 0 Å². The zero-order valence-corrected chi connectivity index (χ0v) is 8.64. The molecule has 5 heteroatoms. The van der Waals surface area contributed by atoms with E-state index in [9.17, 15) is 4.79 Å². The minimum Gasteiger partial charge on any atom is -0.349 e. The third-order valence-corrected chi connectivity index (χ3v) is 3.45. The van der Waals surface area contributed by atoms with E-state index in [0.29, 0.717) is 6.54 Å². The van der Waals surface area contributed by atoms with Gasteiger partial charge in [0.25, 0.3) is 0 Å². The quantitative estimate of drug-likeness (QED) is 0.776. The lowest BCUT2D eigenvalue weighted by molar-refractivity contribution is -0.124. The first-order valence-electron chi connectivity index (χ1n) is 4.70. The maximum Gasteiger partial charge on any atom is 0.224 e. The van der Waals surface area contributed by atoms with Crippen LogP contribution in [0.25, 0.3) is 0 Å². The van der Waals surface area contributed by atoms with Gasteiger partial charge in [0.15, 0.2) is 0 Å². The van der Waals surface area contributed by atoms with Crippen molar-refractivity contribution in [1.29, 1.82) is 0 Å². The maximum atomic E-state index is 11.6. The summed E-state index contributed by atoms with van der Waals surface area (Å²) in [4.78, 5) is 18.6. The number of aromatic nitrogens is 2. The minimum absolute atomic E-state index is 0.159. The van der Waals surface area contributed by atoms with Crippen molar-refractivity contribution >= 4 is 17.7 Å². The molecular formula is C9H13N3OS. The lowest BCUT2D eigenvalue weighted by Crippen LogP contribution is -2.30. The Bertz CT molecular complexity index is 293. The van der Waals surface area contributed by atoms with Crippen LogP contribution in [-0.2, 0) is 11.3 Å². The Labute approximate surface area is 86.9 Å². The van der Waals surface area contributed by atoms with Gasteiger partial charge in [0.1, 0.15) is 5.82 Å². The second kappa shape index (κ2) is 4.50. The summed E-state index contributed by atoms with van der Waals surface area (Å²) in [5.41, 5.74) is 0. The Morgan fingerprint density at radius 3 is 3.36 bits per heavy atom. The van der Waals surface area contributed by atoms with Crippen molar-refractivity contribution in [2.24, 2.45) is 5.92 Å². The number of hydrogen-bond donors (Lipinski definition) is 2. The average molecular weight is 211 g/mol. The Morgan fingerprint density at radius 2 is 2.71 bits per heavy atom. The molecule has 2 N–H and O–H groups in total. The maximum absolute atomic E-state index is 11.6. The van der Waals surface area contributed by atoms with Crippen molar-refractivity contribution in [3.8, 4) is 0 Å². The van der Waals surface area contributed by atoms with E-state index in [0.717, 1.165) is 23.8 Å². The predicted octanol–water partition coefficient (Wildman–Crippen LogP) is 0.779. The fourth-order valence-corrected chi connectivity index (χ4v) is 2.67. The molecule has 2 rings (SSSR count). The molecule has 1 amide bonds. The van der Waals surface area contributed by atoms with E-state index in [4.69, 9.17) is 0 Å². The summed E-state index contributed by atoms with van der Waals surface area (Å²) >= 11 is 1.85. The molecule has 76 valence electrons. The van der Waals surface area contributed by atoms with Crippen LogP contribution in [-0.4, -0.2) is 27.4 Å². The number of nitrogens with zero attached hydrogens (tertiary/aromatic N) is 1. The van der Waals surface area contributed by atoms with Crippen molar-refractivity contribution in [3.63, 3.8) is 0 Å². The number of hydrogen-bond acceptors (Lipinski definition) is 3. The van der Waals surface area contributed by atoms with Crippen molar-refractivity contribution in [2.45, 2.75) is 13.0 Å². The van der Waals surface area contributed by atoms with Crippen LogP contribution in [0.1, 0.15) is 12.2 Å². The fraction of sp³-hybridized carbons (Fsp3) is 0.556. The summed E-state index contributed by atoms with van der Waals surface area (Å²) in [6, 6.07) is 0. The molecule has 1 saturated heterocycles. The van der Waals surface area contributed by atoms with Gasteiger partial charge in [-0.2, -0.15) is 11.8 Å². The SMILES string of the molecule is O=C(NCc1ncc[nH]1)C1CCSC1. The van der Waals surface area contributed by atoms with Gasteiger partial charge in [0.2, 0.25) is 5.91 Å². The Balaban J connectivity index is 1.77. The zero-order chi connectivity index (χ0) is 9.80. The smallest absolute Gasteiger partial charge is 0.224 e. The van der Waals surface area contributed by atoms with Crippen molar-refractivity contribution < 1.29 is 4.79 Å². The number of thioether (sulfide) groups is 1. The van der Waals surface area contributed by atoms with E-state index < -0.39 is 0 Å². The first kappa shape index (κ1) is 9.58. The number of amides is 1. The van der Waals surface area contributed by atoms with Crippen LogP contribution in [0, 0.1) is 5.92 Å². The van der Waals surface area contributed by atoms with Gasteiger partial charge in [-0.05, 0) is 12.2 Å². The number of nitrogens with one attached hydrogen (secondary N) is 2. The van der Waals surface area contributed by atoms with E-state index in [1.54, 1.807) is 12.4 Å². The minimum atomic E-state index is 0.159. The van der Waals surface area contributed by atoms with Crippen LogP contribution in [0.4, 0.5) is 0 Å². The summed E-state index contributed by atoms with van der Waals surface area (Å²) in [6.45, 7) is 0.507. The van der Waals surface area contributed by atoms with Gasteiger partial charge >= 0.3 is 0 Å². The van der Waals surface area contributed by atoms with Crippen LogP contribution < -0.4 is 5.32 Å². The predicted molar refractivity (Wildman–Crippen MR) is 55.9 cm³/mol. The molecule has 1 aromatic heterocycles. The second-order valence-electron chi connectivity index (χ2n) is 3.31. The van der Waals surface area contributed by atoms with Crippen LogP contribution in [0.2, 0.25) is 0 Å². The fourth-order valence-electron chi connectivity index (χ4n) is 1.45. The van der Waals surface area contributed by atoms with Crippen LogP contribution in [0.3, 0.4) is 0 Å². The molecule has 0 radical (unpaired) electrons. The molecule has 4 nitrogen and oxygen atoms in total. The topological polar surface area (TPSA) is 57.8 Å². The van der Waals surface area contributed by atoms with Crippen molar-refractivity contribution in [2.75, 3.05) is 11.5 Å². The molecular weight excluding hydrogens is 198 g/mol. The second-order valence-corrected chi connectivity index (χ2v) is 4.46. The lowest BCUT2D eigenvalue weighted by atomic mass is 10.1. The first-order valence-corrected chi connectivity index (χ1v) is 5.85. The normalized spacial score (nSPS) is 21.0. The highest BCUT2D eigenvalue weighted by Crippen LogP contribution is 2.23. The number of carbonyl (C=O) groups is 1. The van der Waals surface area contributed by atoms with E-state index in [2.05, 4.69) is 15.3 Å². The molecule has 0 saturated carbocycles. The molecule has 0 spiro atoms. The van der Waals surface area contributed by atoms with E-state index in [-0.39, 0.29) is 11.8 Å². The average Bonchev–Trinajstić information content (AvgIpc) is 2.87. The number of imidazole rings is 1. The molecule has 1 fully saturated rings. The van der Waals surface area contributed by atoms with Crippen LogP contribution >= 0.6 is 11.8 Å². The number of carbonyl (C=O) groups excluding carboxylic acids is 1. The number of H-pyrrole nitrogens is 1. The molecule has 0 bridgehead atoms. The van der Waals surface area contributed by atoms with Gasteiger partial charge in [-0.25, -0.2) is 4.98 Å². The molecule has 2 heterocycles. The Kier molecular flexibility index (Phi) is 3.08. The van der Waals surface area contributed by atoms with Gasteiger partial charge in [-0.15, -0.1) is 0 Å². The lowest BCUT2D eigenvalue weighted by Gasteiger charge is -2.07. The number of rotatable bonds is 3. The molecule has 1 aliphatic heterocycles. The summed E-state index contributed by atoms with van der Waals surface area (Å²) < 4.78 is 0. The zero-order valence-electron chi connectivity index (χ0n) is 7.82. The van der Waals surface area contributed by atoms with Crippen molar-refractivity contribution in [3.05, 3.63) is 18.2 Å². The standard InChI is InChI=1S/C9H13N3OS/c13-9(7-1-4-14-6-7)12-5-8-10-2-3-11-8/h2-3,7H,1,4-6H2,(H,10,11)(H,12,13). The Hall–Kier alpha value is -0.970. The summed E-state index contributed by atoms with van der Waals surface area (Å²) in [5.74, 6) is 3.24. The molecule has 1 aromatic rings.